The van der Waals surface area contributed by atoms with E-state index in [9.17, 15) is 4.79 Å². The van der Waals surface area contributed by atoms with Crippen LogP contribution in [0.5, 0.6) is 0 Å². The smallest absolute Gasteiger partial charge is 0.355 e. The van der Waals surface area contributed by atoms with Crippen LogP contribution in [0.1, 0.15) is 22.1 Å². The predicted molar refractivity (Wildman–Crippen MR) is 53.5 cm³/mol. The van der Waals surface area contributed by atoms with Crippen LogP contribution in [-0.2, 0) is 0 Å². The van der Waals surface area contributed by atoms with Gasteiger partial charge in [-0.3, -0.25) is 0 Å². The number of hydrogen-bond donors (Lipinski definition) is 1. The van der Waals surface area contributed by atoms with E-state index < -0.39 is 5.97 Å². The second-order valence-electron chi connectivity index (χ2n) is 2.94. The van der Waals surface area contributed by atoms with Gasteiger partial charge in [0.1, 0.15) is 11.6 Å². The van der Waals surface area contributed by atoms with E-state index in [-0.39, 0.29) is 5.69 Å². The maximum absolute atomic E-state index is 10.6. The fourth-order valence-electron chi connectivity index (χ4n) is 1.16. The fraction of sp³-hybridized carbons (Fsp3) is 0.250. The third-order valence-corrected chi connectivity index (χ3v) is 2.58. The highest BCUT2D eigenvalue weighted by molar-refractivity contribution is 7.12. The molecule has 6 nitrogen and oxygen atoms in total. The molecule has 1 N–H and O–H groups in total. The molecule has 2 aromatic rings. The monoisotopic (exact) mass is 224 g/mol. The molecule has 0 aromatic carbocycles. The first-order chi connectivity index (χ1) is 7.08. The van der Waals surface area contributed by atoms with Crippen LogP contribution >= 0.6 is 11.3 Å². The lowest BCUT2D eigenvalue weighted by Gasteiger charge is -1.94. The molecule has 0 saturated heterocycles. The minimum absolute atomic E-state index is 0.0301. The van der Waals surface area contributed by atoms with Crippen LogP contribution in [0.25, 0.3) is 5.13 Å². The number of hydrogen-bond acceptors (Lipinski definition) is 5. The van der Waals surface area contributed by atoms with Gasteiger partial charge in [0.15, 0.2) is 5.69 Å². The van der Waals surface area contributed by atoms with Gasteiger partial charge < -0.3 is 5.11 Å². The van der Waals surface area contributed by atoms with Crippen LogP contribution < -0.4 is 0 Å². The Morgan fingerprint density at radius 1 is 1.47 bits per heavy atom. The van der Waals surface area contributed by atoms with Crippen LogP contribution in [0, 0.1) is 13.8 Å². The van der Waals surface area contributed by atoms with Crippen LogP contribution in [-0.4, -0.2) is 30.8 Å². The van der Waals surface area contributed by atoms with Crippen molar-refractivity contribution in [1.82, 2.24) is 19.7 Å². The summed E-state index contributed by atoms with van der Waals surface area (Å²) in [5.74, 6) is 0.297. The Morgan fingerprint density at radius 2 is 2.20 bits per heavy atom. The summed E-state index contributed by atoms with van der Waals surface area (Å²) in [6.45, 7) is 3.57. The van der Waals surface area contributed by atoms with Crippen molar-refractivity contribution in [3.63, 3.8) is 0 Å². The SMILES string of the molecule is Cc1nc(C)n(-c2nc(C(=O)O)cs2)n1. The number of nitrogens with zero attached hydrogens (tertiary/aromatic N) is 4. The van der Waals surface area contributed by atoms with Gasteiger partial charge in [-0.15, -0.1) is 16.4 Å². The topological polar surface area (TPSA) is 80.9 Å². The number of rotatable bonds is 2. The Labute approximate surface area is 89.2 Å². The Morgan fingerprint density at radius 3 is 2.67 bits per heavy atom. The van der Waals surface area contributed by atoms with E-state index in [2.05, 4.69) is 15.1 Å². The molecule has 0 bridgehead atoms. The van der Waals surface area contributed by atoms with E-state index >= 15 is 0 Å². The molecule has 0 aliphatic carbocycles. The number of aryl methyl sites for hydroxylation is 2. The molecule has 2 rings (SSSR count). The Balaban J connectivity index is 2.45. The maximum Gasteiger partial charge on any atom is 0.355 e. The van der Waals surface area contributed by atoms with Crippen molar-refractivity contribution >= 4 is 17.3 Å². The maximum atomic E-state index is 10.6. The van der Waals surface area contributed by atoms with Crippen molar-refractivity contribution in [3.8, 4) is 5.13 Å². The van der Waals surface area contributed by atoms with Crippen molar-refractivity contribution in [2.24, 2.45) is 0 Å². The zero-order chi connectivity index (χ0) is 11.0. The summed E-state index contributed by atoms with van der Waals surface area (Å²) in [6, 6.07) is 0. The van der Waals surface area contributed by atoms with E-state index in [0.717, 1.165) is 0 Å². The second kappa shape index (κ2) is 3.43. The average molecular weight is 224 g/mol. The molecule has 2 aromatic heterocycles. The Hall–Kier alpha value is -1.76. The molecule has 0 radical (unpaired) electrons. The molecule has 0 atom stereocenters. The van der Waals surface area contributed by atoms with Crippen LogP contribution in [0.15, 0.2) is 5.38 Å². The first kappa shape index (κ1) is 9.78. The molecule has 2 heterocycles. The summed E-state index contributed by atoms with van der Waals surface area (Å²) >= 11 is 1.23. The van der Waals surface area contributed by atoms with Gasteiger partial charge in [-0.2, -0.15) is 4.68 Å². The van der Waals surface area contributed by atoms with E-state index in [4.69, 9.17) is 5.11 Å². The molecule has 0 saturated carbocycles. The van der Waals surface area contributed by atoms with Crippen LogP contribution in [0.4, 0.5) is 0 Å². The van der Waals surface area contributed by atoms with Gasteiger partial charge in [-0.1, -0.05) is 0 Å². The summed E-state index contributed by atoms with van der Waals surface area (Å²) in [5, 5.41) is 14.8. The molecule has 0 amide bonds. The molecular formula is C8H8N4O2S. The average Bonchev–Trinajstić information content (AvgIpc) is 2.71. The van der Waals surface area contributed by atoms with Crippen LogP contribution in [0.2, 0.25) is 0 Å². The van der Waals surface area contributed by atoms with Gasteiger partial charge in [0.2, 0.25) is 5.13 Å². The highest BCUT2D eigenvalue weighted by Gasteiger charge is 2.12. The number of carboxylic acids is 1. The summed E-state index contributed by atoms with van der Waals surface area (Å²) in [6.07, 6.45) is 0. The largest absolute Gasteiger partial charge is 0.476 e. The van der Waals surface area contributed by atoms with E-state index in [1.807, 2.05) is 0 Å². The molecule has 7 heteroatoms. The van der Waals surface area contributed by atoms with E-state index in [0.29, 0.717) is 16.8 Å². The highest BCUT2D eigenvalue weighted by atomic mass is 32.1. The molecule has 0 fully saturated rings. The standard InChI is InChI=1S/C8H8N4O2S/c1-4-9-5(2)12(11-4)8-10-6(3-15-8)7(13)14/h3H,1-2H3,(H,13,14). The minimum Gasteiger partial charge on any atom is -0.476 e. The lowest BCUT2D eigenvalue weighted by atomic mass is 10.5. The molecule has 0 aliphatic rings. The van der Waals surface area contributed by atoms with Crippen molar-refractivity contribution < 1.29 is 9.90 Å². The fourth-order valence-corrected chi connectivity index (χ4v) is 1.96. The Kier molecular flexibility index (Phi) is 2.24. The van der Waals surface area contributed by atoms with Crippen molar-refractivity contribution in [3.05, 3.63) is 22.7 Å². The number of carboxylic acid groups (broad SMARTS) is 1. The third-order valence-electron chi connectivity index (χ3n) is 1.77. The second-order valence-corrected chi connectivity index (χ2v) is 3.78. The Bertz CT molecular complexity index is 516. The number of aromatic carboxylic acids is 1. The van der Waals surface area contributed by atoms with Crippen molar-refractivity contribution in [1.29, 1.82) is 0 Å². The van der Waals surface area contributed by atoms with Gasteiger partial charge in [0, 0.05) is 5.38 Å². The summed E-state index contributed by atoms with van der Waals surface area (Å²) < 4.78 is 1.53. The first-order valence-corrected chi connectivity index (χ1v) is 5.05. The van der Waals surface area contributed by atoms with Gasteiger partial charge in [0.05, 0.1) is 0 Å². The summed E-state index contributed by atoms with van der Waals surface area (Å²) in [4.78, 5) is 18.7. The molecular weight excluding hydrogens is 216 g/mol. The van der Waals surface area contributed by atoms with Gasteiger partial charge in [-0.25, -0.2) is 14.8 Å². The van der Waals surface area contributed by atoms with Gasteiger partial charge in [-0.05, 0) is 13.8 Å². The number of thiazole rings is 1. The van der Waals surface area contributed by atoms with Gasteiger partial charge in [0.25, 0.3) is 0 Å². The third kappa shape index (κ3) is 1.73. The minimum atomic E-state index is -1.04. The lowest BCUT2D eigenvalue weighted by molar-refractivity contribution is 0.0691. The van der Waals surface area contributed by atoms with E-state index in [1.165, 1.54) is 21.4 Å². The van der Waals surface area contributed by atoms with Crippen molar-refractivity contribution in [2.75, 3.05) is 0 Å². The zero-order valence-electron chi connectivity index (χ0n) is 8.13. The van der Waals surface area contributed by atoms with Gasteiger partial charge >= 0.3 is 5.97 Å². The quantitative estimate of drug-likeness (QED) is 0.824. The van der Waals surface area contributed by atoms with Crippen molar-refractivity contribution in [2.45, 2.75) is 13.8 Å². The summed E-state index contributed by atoms with van der Waals surface area (Å²) in [7, 11) is 0. The number of carbonyl (C=O) groups is 1. The zero-order valence-corrected chi connectivity index (χ0v) is 8.95. The molecule has 0 aliphatic heterocycles. The molecule has 78 valence electrons. The molecule has 15 heavy (non-hydrogen) atoms. The first-order valence-electron chi connectivity index (χ1n) is 4.17. The van der Waals surface area contributed by atoms with E-state index in [1.54, 1.807) is 13.8 Å². The lowest BCUT2D eigenvalue weighted by Crippen LogP contribution is -2.01. The normalized spacial score (nSPS) is 10.5. The predicted octanol–water partition coefficient (Wildman–Crippen LogP) is 1.04. The summed E-state index contributed by atoms with van der Waals surface area (Å²) in [5.41, 5.74) is 0.0301. The highest BCUT2D eigenvalue weighted by Crippen LogP contribution is 2.15. The molecule has 0 spiro atoms. The number of aromatic nitrogens is 4. The van der Waals surface area contributed by atoms with Crippen LogP contribution in [0.3, 0.4) is 0 Å². The molecule has 0 unspecified atom stereocenters.